The predicted octanol–water partition coefficient (Wildman–Crippen LogP) is 2.03. The van der Waals surface area contributed by atoms with E-state index >= 15 is 0 Å². The van der Waals surface area contributed by atoms with Crippen molar-refractivity contribution in [2.45, 2.75) is 6.54 Å². The minimum absolute atomic E-state index is 0.163. The summed E-state index contributed by atoms with van der Waals surface area (Å²) in [6.07, 6.45) is 0. The number of aromatic amines is 1. The van der Waals surface area contributed by atoms with Crippen molar-refractivity contribution < 1.29 is 9.90 Å². The number of rotatable bonds is 3. The van der Waals surface area contributed by atoms with Crippen LogP contribution in [0.15, 0.2) is 52.1 Å². The highest BCUT2D eigenvalue weighted by molar-refractivity contribution is 6.31. The number of fused-ring (bicyclic) bond motifs is 2. The van der Waals surface area contributed by atoms with Gasteiger partial charge < -0.3 is 10.1 Å². The number of aromatic nitrogens is 4. The van der Waals surface area contributed by atoms with Crippen LogP contribution in [0.25, 0.3) is 21.7 Å². The lowest BCUT2D eigenvalue weighted by atomic mass is 10.1. The molecule has 4 aromatic rings. The molecule has 0 fully saturated rings. The topological polar surface area (TPSA) is 118 Å². The van der Waals surface area contributed by atoms with Gasteiger partial charge in [-0.25, -0.2) is 14.5 Å². The molecule has 2 aromatic heterocycles. The molecule has 0 spiro atoms. The summed E-state index contributed by atoms with van der Waals surface area (Å²) >= 11 is 5.94. The smallest absolute Gasteiger partial charge is 0.357 e. The molecule has 0 bridgehead atoms. The van der Waals surface area contributed by atoms with Crippen molar-refractivity contribution >= 4 is 39.2 Å². The molecule has 9 heteroatoms. The molecule has 0 atom stereocenters. The Hall–Kier alpha value is -3.52. The van der Waals surface area contributed by atoms with E-state index in [0.29, 0.717) is 15.9 Å². The molecule has 0 aliphatic heterocycles. The minimum atomic E-state index is -1.26. The van der Waals surface area contributed by atoms with Crippen LogP contribution < -0.4 is 11.1 Å². The minimum Gasteiger partial charge on any atom is -0.476 e. The molecule has 8 nitrogen and oxygen atoms in total. The number of carboxylic acid groups (broad SMARTS) is 1. The maximum atomic E-state index is 12.7. The van der Waals surface area contributed by atoms with Crippen molar-refractivity contribution in [3.05, 3.63) is 79.7 Å². The van der Waals surface area contributed by atoms with Crippen molar-refractivity contribution in [1.29, 1.82) is 0 Å². The Labute approximate surface area is 155 Å². The van der Waals surface area contributed by atoms with Crippen LogP contribution in [0, 0.1) is 0 Å². The number of H-pyrrole nitrogens is 1. The molecular weight excluding hydrogens is 372 g/mol. The molecule has 0 saturated carbocycles. The second kappa shape index (κ2) is 6.33. The van der Waals surface area contributed by atoms with Gasteiger partial charge >= 0.3 is 5.97 Å². The summed E-state index contributed by atoms with van der Waals surface area (Å²) in [4.78, 5) is 43.3. The van der Waals surface area contributed by atoms with Gasteiger partial charge in [-0.05, 0) is 24.3 Å². The first-order chi connectivity index (χ1) is 12.9. The van der Waals surface area contributed by atoms with E-state index in [1.54, 1.807) is 24.3 Å². The number of aromatic carboxylic acids is 1. The molecular formula is C18H11ClN4O4. The van der Waals surface area contributed by atoms with Gasteiger partial charge in [-0.2, -0.15) is 5.10 Å². The highest BCUT2D eigenvalue weighted by Gasteiger charge is 2.16. The van der Waals surface area contributed by atoms with E-state index < -0.39 is 11.5 Å². The molecule has 0 aliphatic carbocycles. The number of nitrogens with one attached hydrogen (secondary N) is 1. The van der Waals surface area contributed by atoms with Gasteiger partial charge in [0.05, 0.1) is 16.3 Å². The second-order valence-electron chi connectivity index (χ2n) is 5.84. The van der Waals surface area contributed by atoms with Crippen LogP contribution >= 0.6 is 11.6 Å². The lowest BCUT2D eigenvalue weighted by Gasteiger charge is -2.09. The Balaban J connectivity index is 1.90. The number of hydrogen-bond donors (Lipinski definition) is 2. The van der Waals surface area contributed by atoms with Crippen molar-refractivity contribution in [1.82, 2.24) is 19.7 Å². The number of hydrogen-bond acceptors (Lipinski definition) is 5. The third-order valence-electron chi connectivity index (χ3n) is 4.09. The molecule has 4 rings (SSSR count). The Bertz CT molecular complexity index is 1340. The zero-order valence-electron chi connectivity index (χ0n) is 13.6. The zero-order chi connectivity index (χ0) is 19.1. The van der Waals surface area contributed by atoms with Gasteiger partial charge in [-0.3, -0.25) is 9.59 Å². The summed E-state index contributed by atoms with van der Waals surface area (Å²) in [5, 5.41) is 14.6. The highest BCUT2D eigenvalue weighted by atomic mass is 35.5. The largest absolute Gasteiger partial charge is 0.476 e. The molecule has 2 N–H and O–H groups in total. The Morgan fingerprint density at radius 1 is 1.11 bits per heavy atom. The molecule has 0 aliphatic rings. The molecule has 0 radical (unpaired) electrons. The normalized spacial score (nSPS) is 11.1. The summed E-state index contributed by atoms with van der Waals surface area (Å²) in [5.74, 6) is -1.09. The number of carbonyl (C=O) groups is 1. The molecule has 0 unspecified atom stereocenters. The van der Waals surface area contributed by atoms with Gasteiger partial charge in [0.1, 0.15) is 12.4 Å². The van der Waals surface area contributed by atoms with Crippen molar-refractivity contribution in [3.8, 4) is 0 Å². The van der Waals surface area contributed by atoms with Crippen LogP contribution in [0.4, 0.5) is 0 Å². The Kier molecular flexibility index (Phi) is 3.97. The summed E-state index contributed by atoms with van der Waals surface area (Å²) in [5.41, 5.74) is -0.756. The summed E-state index contributed by atoms with van der Waals surface area (Å²) in [6, 6.07) is 11.0. The standard InChI is InChI=1S/C18H11ClN4O4/c19-9-5-6-12-13(7-9)20-14(21-16(12)24)8-23-17(25)11-4-2-1-3-10(11)15(22-23)18(26)27/h1-7H,8H2,(H,26,27)(H,20,21,24). The van der Waals surface area contributed by atoms with Gasteiger partial charge in [0.25, 0.3) is 11.1 Å². The van der Waals surface area contributed by atoms with Crippen molar-refractivity contribution in [3.63, 3.8) is 0 Å². The van der Waals surface area contributed by atoms with Crippen LogP contribution in [0.2, 0.25) is 5.02 Å². The first kappa shape index (κ1) is 16.9. The quantitative estimate of drug-likeness (QED) is 0.559. The molecule has 27 heavy (non-hydrogen) atoms. The van der Waals surface area contributed by atoms with Gasteiger partial charge in [0.2, 0.25) is 0 Å². The molecule has 2 aromatic carbocycles. The number of halogens is 1. The fraction of sp³-hybridized carbons (Fsp3) is 0.0556. The third kappa shape index (κ3) is 2.96. The molecule has 0 amide bonds. The SMILES string of the molecule is O=C(O)c1nn(Cc2nc3cc(Cl)ccc3c(=O)[nH]2)c(=O)c2ccccc12. The van der Waals surface area contributed by atoms with Crippen LogP contribution in [0.1, 0.15) is 16.3 Å². The lowest BCUT2D eigenvalue weighted by Crippen LogP contribution is -2.28. The van der Waals surface area contributed by atoms with E-state index in [1.807, 2.05) is 0 Å². The van der Waals surface area contributed by atoms with Crippen LogP contribution in [-0.4, -0.2) is 30.8 Å². The van der Waals surface area contributed by atoms with Gasteiger partial charge in [-0.15, -0.1) is 0 Å². The number of carboxylic acids is 1. The summed E-state index contributed by atoms with van der Waals surface area (Å²) < 4.78 is 0.973. The second-order valence-corrected chi connectivity index (χ2v) is 6.27. The van der Waals surface area contributed by atoms with Crippen LogP contribution in [0.5, 0.6) is 0 Å². The summed E-state index contributed by atoms with van der Waals surface area (Å²) in [7, 11) is 0. The fourth-order valence-corrected chi connectivity index (χ4v) is 3.04. The van der Waals surface area contributed by atoms with Crippen LogP contribution in [0.3, 0.4) is 0 Å². The number of nitrogens with zero attached hydrogens (tertiary/aromatic N) is 3. The van der Waals surface area contributed by atoms with Gasteiger partial charge in [-0.1, -0.05) is 29.8 Å². The van der Waals surface area contributed by atoms with E-state index in [4.69, 9.17) is 11.6 Å². The van der Waals surface area contributed by atoms with E-state index in [-0.39, 0.29) is 34.4 Å². The monoisotopic (exact) mass is 382 g/mol. The maximum Gasteiger partial charge on any atom is 0.357 e. The molecule has 134 valence electrons. The van der Waals surface area contributed by atoms with Crippen LogP contribution in [-0.2, 0) is 6.54 Å². The Morgan fingerprint density at radius 3 is 2.59 bits per heavy atom. The van der Waals surface area contributed by atoms with E-state index in [9.17, 15) is 19.5 Å². The first-order valence-corrected chi connectivity index (χ1v) is 8.23. The highest BCUT2D eigenvalue weighted by Crippen LogP contribution is 2.16. The lowest BCUT2D eigenvalue weighted by molar-refractivity contribution is 0.0690. The van der Waals surface area contributed by atoms with Crippen molar-refractivity contribution in [2.75, 3.05) is 0 Å². The van der Waals surface area contributed by atoms with E-state index in [1.165, 1.54) is 18.2 Å². The van der Waals surface area contributed by atoms with E-state index in [2.05, 4.69) is 15.1 Å². The molecule has 2 heterocycles. The average Bonchev–Trinajstić information content (AvgIpc) is 2.63. The average molecular weight is 383 g/mol. The zero-order valence-corrected chi connectivity index (χ0v) is 14.4. The van der Waals surface area contributed by atoms with Gasteiger partial charge in [0.15, 0.2) is 5.69 Å². The maximum absolute atomic E-state index is 12.7. The predicted molar refractivity (Wildman–Crippen MR) is 99.4 cm³/mol. The summed E-state index contributed by atoms with van der Waals surface area (Å²) in [6.45, 7) is -0.193. The van der Waals surface area contributed by atoms with Gasteiger partial charge in [0, 0.05) is 10.4 Å². The molecule has 0 saturated heterocycles. The first-order valence-electron chi connectivity index (χ1n) is 7.85. The number of benzene rings is 2. The van der Waals surface area contributed by atoms with E-state index in [0.717, 1.165) is 4.68 Å². The fourth-order valence-electron chi connectivity index (χ4n) is 2.88. The Morgan fingerprint density at radius 2 is 1.85 bits per heavy atom. The van der Waals surface area contributed by atoms with Crippen molar-refractivity contribution in [2.24, 2.45) is 0 Å². The third-order valence-corrected chi connectivity index (χ3v) is 4.32.